The first-order valence-corrected chi connectivity index (χ1v) is 5.47. The summed E-state index contributed by atoms with van der Waals surface area (Å²) in [7, 11) is 0. The van der Waals surface area contributed by atoms with Crippen LogP contribution in [0.1, 0.15) is 48.5 Å². The third kappa shape index (κ3) is 5.80. The Morgan fingerprint density at radius 1 is 1.07 bits per heavy atom. The molecule has 0 aromatic heterocycles. The summed E-state index contributed by atoms with van der Waals surface area (Å²) < 4.78 is 0. The van der Waals surface area contributed by atoms with Crippen LogP contribution in [0.3, 0.4) is 0 Å². The minimum Gasteiger partial charge on any atom is -0.0991 e. The van der Waals surface area contributed by atoms with Gasteiger partial charge in [0, 0.05) is 0 Å². The molecule has 0 bridgehead atoms. The molecule has 0 aromatic rings. The number of rotatable bonds is 3. The van der Waals surface area contributed by atoms with Gasteiger partial charge in [-0.15, -0.1) is 0 Å². The highest BCUT2D eigenvalue weighted by molar-refractivity contribution is 5.35. The summed E-state index contributed by atoms with van der Waals surface area (Å²) in [6, 6.07) is 0. The standard InChI is InChI=1S/C12H20.C2H6/c1-7-8-11(6)12(9(2)3)10(4)5;1-2/h7-9H,1H2,2-6H3;1-2H3/b11-8-;. The lowest BCUT2D eigenvalue weighted by Gasteiger charge is -2.14. The van der Waals surface area contributed by atoms with Crippen LogP contribution in [0.25, 0.3) is 0 Å². The van der Waals surface area contributed by atoms with Crippen molar-refractivity contribution in [3.8, 4) is 0 Å². The van der Waals surface area contributed by atoms with E-state index in [0.717, 1.165) is 0 Å². The summed E-state index contributed by atoms with van der Waals surface area (Å²) in [5.74, 6) is 0.603. The average Bonchev–Trinajstić information content (AvgIpc) is 2.06. The van der Waals surface area contributed by atoms with Crippen molar-refractivity contribution in [3.63, 3.8) is 0 Å². The molecule has 0 amide bonds. The first-order valence-electron chi connectivity index (χ1n) is 5.47. The van der Waals surface area contributed by atoms with E-state index in [1.165, 1.54) is 16.7 Å². The van der Waals surface area contributed by atoms with Crippen LogP contribution >= 0.6 is 0 Å². The highest BCUT2D eigenvalue weighted by Gasteiger charge is 2.05. The highest BCUT2D eigenvalue weighted by Crippen LogP contribution is 2.22. The smallest absolute Gasteiger partial charge is 0.0217 e. The fraction of sp³-hybridized carbons (Fsp3) is 0.571. The maximum Gasteiger partial charge on any atom is -0.0217 e. The van der Waals surface area contributed by atoms with Gasteiger partial charge in [-0.2, -0.15) is 0 Å². The normalized spacial score (nSPS) is 10.4. The number of allylic oxidation sites excluding steroid dienone is 5. The lowest BCUT2D eigenvalue weighted by atomic mass is 9.92. The van der Waals surface area contributed by atoms with Crippen molar-refractivity contribution in [2.24, 2.45) is 5.92 Å². The van der Waals surface area contributed by atoms with Gasteiger partial charge in [0.05, 0.1) is 0 Å². The summed E-state index contributed by atoms with van der Waals surface area (Å²) in [6.45, 7) is 18.6. The largest absolute Gasteiger partial charge is 0.0991 e. The van der Waals surface area contributed by atoms with E-state index >= 15 is 0 Å². The molecule has 0 N–H and O–H groups in total. The zero-order valence-corrected chi connectivity index (χ0v) is 10.9. The van der Waals surface area contributed by atoms with Crippen LogP contribution < -0.4 is 0 Å². The SMILES string of the molecule is C=C/C=C(/C)C(=C(C)C)C(C)C.CC. The van der Waals surface area contributed by atoms with Crippen molar-refractivity contribution >= 4 is 0 Å². The Hall–Kier alpha value is -0.780. The van der Waals surface area contributed by atoms with E-state index in [4.69, 9.17) is 0 Å². The maximum atomic E-state index is 3.70. The van der Waals surface area contributed by atoms with Crippen molar-refractivity contribution in [1.82, 2.24) is 0 Å². The first kappa shape index (κ1) is 15.7. The summed E-state index contributed by atoms with van der Waals surface area (Å²) in [6.07, 6.45) is 3.92. The van der Waals surface area contributed by atoms with Gasteiger partial charge < -0.3 is 0 Å². The van der Waals surface area contributed by atoms with E-state index < -0.39 is 0 Å². The Morgan fingerprint density at radius 2 is 1.50 bits per heavy atom. The zero-order valence-electron chi connectivity index (χ0n) is 10.9. The van der Waals surface area contributed by atoms with Gasteiger partial charge in [0.2, 0.25) is 0 Å². The van der Waals surface area contributed by atoms with Crippen LogP contribution in [0.4, 0.5) is 0 Å². The number of hydrogen-bond acceptors (Lipinski definition) is 0. The van der Waals surface area contributed by atoms with Crippen LogP contribution in [0.15, 0.2) is 35.5 Å². The third-order valence-electron chi connectivity index (χ3n) is 1.91. The third-order valence-corrected chi connectivity index (χ3v) is 1.91. The van der Waals surface area contributed by atoms with Crippen molar-refractivity contribution in [3.05, 3.63) is 35.5 Å². The molecule has 0 aliphatic heterocycles. The van der Waals surface area contributed by atoms with Gasteiger partial charge in [-0.05, 0) is 37.8 Å². The van der Waals surface area contributed by atoms with E-state index in [2.05, 4.69) is 47.3 Å². The van der Waals surface area contributed by atoms with Gasteiger partial charge in [-0.3, -0.25) is 0 Å². The molecule has 0 aliphatic rings. The van der Waals surface area contributed by atoms with Crippen LogP contribution in [-0.4, -0.2) is 0 Å². The lowest BCUT2D eigenvalue weighted by Crippen LogP contribution is -1.97. The minimum absolute atomic E-state index is 0.603. The highest BCUT2D eigenvalue weighted by atomic mass is 14.1. The Balaban J connectivity index is 0. The van der Waals surface area contributed by atoms with E-state index in [1.54, 1.807) is 0 Å². The zero-order chi connectivity index (χ0) is 11.7. The van der Waals surface area contributed by atoms with E-state index in [-0.39, 0.29) is 0 Å². The van der Waals surface area contributed by atoms with Crippen molar-refractivity contribution < 1.29 is 0 Å². The van der Waals surface area contributed by atoms with Crippen molar-refractivity contribution in [2.75, 3.05) is 0 Å². The summed E-state index contributed by atoms with van der Waals surface area (Å²) >= 11 is 0. The Morgan fingerprint density at radius 3 is 1.71 bits per heavy atom. The number of hydrogen-bond donors (Lipinski definition) is 0. The second-order valence-corrected chi connectivity index (χ2v) is 3.65. The summed E-state index contributed by atoms with van der Waals surface area (Å²) in [5, 5.41) is 0. The second-order valence-electron chi connectivity index (χ2n) is 3.65. The van der Waals surface area contributed by atoms with Crippen LogP contribution in [0, 0.1) is 5.92 Å². The predicted molar refractivity (Wildman–Crippen MR) is 68.5 cm³/mol. The summed E-state index contributed by atoms with van der Waals surface area (Å²) in [5.41, 5.74) is 4.19. The Bertz CT molecular complexity index is 210. The molecule has 0 rings (SSSR count). The molecule has 0 heterocycles. The lowest BCUT2D eigenvalue weighted by molar-refractivity contribution is 0.765. The molecule has 0 saturated carbocycles. The second kappa shape index (κ2) is 8.80. The molecule has 0 atom stereocenters. The van der Waals surface area contributed by atoms with Crippen LogP contribution in [-0.2, 0) is 0 Å². The molecule has 0 unspecified atom stereocenters. The molecular weight excluding hydrogens is 168 g/mol. The molecule has 0 aliphatic carbocycles. The van der Waals surface area contributed by atoms with Crippen LogP contribution in [0.2, 0.25) is 0 Å². The fourth-order valence-corrected chi connectivity index (χ4v) is 1.69. The van der Waals surface area contributed by atoms with E-state index in [0.29, 0.717) is 5.92 Å². The first-order chi connectivity index (χ1) is 6.50. The van der Waals surface area contributed by atoms with E-state index in [9.17, 15) is 0 Å². The van der Waals surface area contributed by atoms with Gasteiger partial charge in [-0.25, -0.2) is 0 Å². The Kier molecular flexibility index (Phi) is 9.86. The molecule has 0 spiro atoms. The molecule has 0 radical (unpaired) electrons. The molecule has 82 valence electrons. The molecule has 0 fully saturated rings. The average molecular weight is 194 g/mol. The molecule has 0 heteroatoms. The molecule has 14 heavy (non-hydrogen) atoms. The van der Waals surface area contributed by atoms with Gasteiger partial charge in [-0.1, -0.05) is 52.0 Å². The van der Waals surface area contributed by atoms with Gasteiger partial charge in [0.25, 0.3) is 0 Å². The molecular formula is C14H26. The summed E-state index contributed by atoms with van der Waals surface area (Å²) in [4.78, 5) is 0. The Labute approximate surface area is 90.4 Å². The van der Waals surface area contributed by atoms with Gasteiger partial charge in [0.1, 0.15) is 0 Å². The minimum atomic E-state index is 0.603. The monoisotopic (exact) mass is 194 g/mol. The van der Waals surface area contributed by atoms with E-state index in [1.807, 2.05) is 19.9 Å². The predicted octanol–water partition coefficient (Wildman–Crippen LogP) is 5.14. The maximum absolute atomic E-state index is 3.70. The van der Waals surface area contributed by atoms with Crippen molar-refractivity contribution in [2.45, 2.75) is 48.5 Å². The van der Waals surface area contributed by atoms with Gasteiger partial charge in [0.15, 0.2) is 0 Å². The molecule has 0 saturated heterocycles. The molecule has 0 aromatic carbocycles. The fourth-order valence-electron chi connectivity index (χ4n) is 1.69. The van der Waals surface area contributed by atoms with Crippen molar-refractivity contribution in [1.29, 1.82) is 0 Å². The van der Waals surface area contributed by atoms with Crippen LogP contribution in [0.5, 0.6) is 0 Å². The van der Waals surface area contributed by atoms with Gasteiger partial charge >= 0.3 is 0 Å². The topological polar surface area (TPSA) is 0 Å². The quantitative estimate of drug-likeness (QED) is 0.546. The molecule has 0 nitrogen and oxygen atoms in total.